The Morgan fingerprint density at radius 2 is 2.29 bits per heavy atom. The highest BCUT2D eigenvalue weighted by atomic mass is 16.1. The van der Waals surface area contributed by atoms with Crippen molar-refractivity contribution in [3.05, 3.63) is 21.7 Å². The van der Waals surface area contributed by atoms with Crippen molar-refractivity contribution in [1.29, 1.82) is 0 Å². The fraction of sp³-hybridized carbons (Fsp3) is 0.556. The largest absolute Gasteiger partial charge is 0.383 e. The second-order valence-corrected chi connectivity index (χ2v) is 3.16. The van der Waals surface area contributed by atoms with Crippen LogP contribution in [-0.4, -0.2) is 17.0 Å². The molecule has 5 heteroatoms. The highest BCUT2D eigenvalue weighted by molar-refractivity contribution is 5.37. The minimum atomic E-state index is -0.121. The van der Waals surface area contributed by atoms with Crippen molar-refractivity contribution in [3.8, 4) is 0 Å². The Labute approximate surface area is 82.7 Å². The van der Waals surface area contributed by atoms with E-state index in [9.17, 15) is 4.79 Å². The van der Waals surface area contributed by atoms with Gasteiger partial charge in [-0.2, -0.15) is 0 Å². The molecule has 78 valence electrons. The van der Waals surface area contributed by atoms with Crippen LogP contribution in [0.5, 0.6) is 0 Å². The molecule has 5 nitrogen and oxygen atoms in total. The summed E-state index contributed by atoms with van der Waals surface area (Å²) in [6, 6.07) is 0. The van der Waals surface area contributed by atoms with E-state index in [0.717, 1.165) is 6.42 Å². The van der Waals surface area contributed by atoms with Crippen molar-refractivity contribution in [1.82, 2.24) is 15.3 Å². The van der Waals surface area contributed by atoms with Crippen molar-refractivity contribution in [2.45, 2.75) is 26.3 Å². The molecule has 1 rings (SSSR count). The van der Waals surface area contributed by atoms with Gasteiger partial charge in [-0.1, -0.05) is 13.3 Å². The van der Waals surface area contributed by atoms with Crippen molar-refractivity contribution >= 4 is 5.82 Å². The summed E-state index contributed by atoms with van der Waals surface area (Å²) >= 11 is 0. The second kappa shape index (κ2) is 4.76. The van der Waals surface area contributed by atoms with Crippen LogP contribution in [0.1, 0.15) is 24.7 Å². The molecule has 14 heavy (non-hydrogen) atoms. The molecule has 4 N–H and O–H groups in total. The van der Waals surface area contributed by atoms with Crippen LogP contribution in [0.2, 0.25) is 0 Å². The number of nitrogens with two attached hydrogens (primary N) is 1. The summed E-state index contributed by atoms with van der Waals surface area (Å²) < 4.78 is 0. The van der Waals surface area contributed by atoms with Crippen LogP contribution in [0.15, 0.2) is 4.79 Å². The zero-order valence-electron chi connectivity index (χ0n) is 8.55. The summed E-state index contributed by atoms with van der Waals surface area (Å²) in [5.41, 5.74) is 6.15. The van der Waals surface area contributed by atoms with Crippen LogP contribution in [0, 0.1) is 0 Å². The molecule has 1 aromatic heterocycles. The molecule has 0 spiro atoms. The molecule has 0 amide bonds. The maximum atomic E-state index is 11.5. The van der Waals surface area contributed by atoms with Gasteiger partial charge in [0.15, 0.2) is 0 Å². The lowest BCUT2D eigenvalue weighted by atomic mass is 10.2. The average molecular weight is 196 g/mol. The van der Waals surface area contributed by atoms with E-state index >= 15 is 0 Å². The van der Waals surface area contributed by atoms with Gasteiger partial charge < -0.3 is 16.0 Å². The van der Waals surface area contributed by atoms with Crippen molar-refractivity contribution in [2.24, 2.45) is 0 Å². The molecular formula is C9H16N4O. The molecule has 1 aromatic rings. The first-order chi connectivity index (χ1) is 6.69. The standard InChI is InChI=1S/C9H16N4O/c1-3-4-6-8(10)12-7(5-11-2)13-9(6)14/h11H,3-5H2,1-2H3,(H3,10,12,13,14). The molecule has 0 atom stereocenters. The number of rotatable bonds is 4. The first kappa shape index (κ1) is 10.7. The number of hydrogen-bond acceptors (Lipinski definition) is 4. The van der Waals surface area contributed by atoms with Gasteiger partial charge in [0.1, 0.15) is 11.6 Å². The summed E-state index contributed by atoms with van der Waals surface area (Å²) in [6.45, 7) is 2.52. The maximum Gasteiger partial charge on any atom is 0.256 e. The summed E-state index contributed by atoms with van der Waals surface area (Å²) in [7, 11) is 1.79. The van der Waals surface area contributed by atoms with Gasteiger partial charge in [-0.15, -0.1) is 0 Å². The molecule has 0 fully saturated rings. The van der Waals surface area contributed by atoms with E-state index in [-0.39, 0.29) is 5.56 Å². The molecule has 0 saturated heterocycles. The van der Waals surface area contributed by atoms with Gasteiger partial charge in [-0.25, -0.2) is 4.98 Å². The van der Waals surface area contributed by atoms with Gasteiger partial charge in [0, 0.05) is 0 Å². The van der Waals surface area contributed by atoms with E-state index in [2.05, 4.69) is 15.3 Å². The minimum absolute atomic E-state index is 0.121. The first-order valence-corrected chi connectivity index (χ1v) is 4.71. The lowest BCUT2D eigenvalue weighted by Gasteiger charge is -2.05. The van der Waals surface area contributed by atoms with Gasteiger partial charge in [0.25, 0.3) is 5.56 Å². The zero-order valence-corrected chi connectivity index (χ0v) is 8.55. The first-order valence-electron chi connectivity index (χ1n) is 4.71. The normalized spacial score (nSPS) is 10.4. The maximum absolute atomic E-state index is 11.5. The van der Waals surface area contributed by atoms with Gasteiger partial charge in [0.05, 0.1) is 12.1 Å². The van der Waals surface area contributed by atoms with E-state index in [1.54, 1.807) is 7.05 Å². The second-order valence-electron chi connectivity index (χ2n) is 3.16. The third kappa shape index (κ3) is 2.32. The van der Waals surface area contributed by atoms with Crippen molar-refractivity contribution in [2.75, 3.05) is 12.8 Å². The minimum Gasteiger partial charge on any atom is -0.383 e. The number of H-pyrrole nitrogens is 1. The molecule has 0 saturated carbocycles. The number of aromatic nitrogens is 2. The van der Waals surface area contributed by atoms with Gasteiger partial charge in [0.2, 0.25) is 0 Å². The fourth-order valence-corrected chi connectivity index (χ4v) is 1.31. The number of hydrogen-bond donors (Lipinski definition) is 3. The van der Waals surface area contributed by atoms with Crippen LogP contribution in [0.3, 0.4) is 0 Å². The summed E-state index contributed by atoms with van der Waals surface area (Å²) in [5.74, 6) is 0.927. The molecule has 0 aromatic carbocycles. The molecule has 0 radical (unpaired) electrons. The van der Waals surface area contributed by atoms with Crippen molar-refractivity contribution in [3.63, 3.8) is 0 Å². The molecule has 0 aliphatic heterocycles. The highest BCUT2D eigenvalue weighted by Crippen LogP contribution is 2.04. The highest BCUT2D eigenvalue weighted by Gasteiger charge is 2.06. The lowest BCUT2D eigenvalue weighted by Crippen LogP contribution is -2.22. The predicted octanol–water partition coefficient (Wildman–Crippen LogP) is 0.0240. The third-order valence-electron chi connectivity index (χ3n) is 1.94. The smallest absolute Gasteiger partial charge is 0.256 e. The van der Waals surface area contributed by atoms with E-state index in [0.29, 0.717) is 30.2 Å². The Morgan fingerprint density at radius 1 is 1.57 bits per heavy atom. The van der Waals surface area contributed by atoms with Crippen LogP contribution >= 0.6 is 0 Å². The lowest BCUT2D eigenvalue weighted by molar-refractivity contribution is 0.746. The van der Waals surface area contributed by atoms with Gasteiger partial charge >= 0.3 is 0 Å². The van der Waals surface area contributed by atoms with Crippen LogP contribution in [0.25, 0.3) is 0 Å². The number of nitrogens with zero attached hydrogens (tertiary/aromatic N) is 1. The monoisotopic (exact) mass is 196 g/mol. The zero-order chi connectivity index (χ0) is 10.6. The molecule has 0 unspecified atom stereocenters. The third-order valence-corrected chi connectivity index (χ3v) is 1.94. The van der Waals surface area contributed by atoms with Gasteiger partial charge in [-0.3, -0.25) is 4.79 Å². The van der Waals surface area contributed by atoms with Crippen LogP contribution < -0.4 is 16.6 Å². The Bertz CT molecular complexity index is 358. The van der Waals surface area contributed by atoms with Crippen LogP contribution in [-0.2, 0) is 13.0 Å². The van der Waals surface area contributed by atoms with E-state index in [1.807, 2.05) is 6.92 Å². The van der Waals surface area contributed by atoms with Gasteiger partial charge in [-0.05, 0) is 13.5 Å². The Morgan fingerprint density at radius 3 is 2.79 bits per heavy atom. The number of aromatic amines is 1. The Hall–Kier alpha value is -1.36. The molecule has 0 bridgehead atoms. The summed E-state index contributed by atoms with van der Waals surface area (Å²) in [4.78, 5) is 18.3. The van der Waals surface area contributed by atoms with E-state index in [4.69, 9.17) is 5.73 Å². The predicted molar refractivity (Wildman–Crippen MR) is 56.0 cm³/mol. The van der Waals surface area contributed by atoms with Crippen molar-refractivity contribution < 1.29 is 0 Å². The number of nitrogens with one attached hydrogen (secondary N) is 2. The molecular weight excluding hydrogens is 180 g/mol. The Kier molecular flexibility index (Phi) is 3.64. The topological polar surface area (TPSA) is 83.8 Å². The quantitative estimate of drug-likeness (QED) is 0.634. The molecule has 1 heterocycles. The summed E-state index contributed by atoms with van der Waals surface area (Å²) in [5, 5.41) is 2.90. The van der Waals surface area contributed by atoms with E-state index in [1.165, 1.54) is 0 Å². The SMILES string of the molecule is CCCc1c(N)nc(CNC)[nH]c1=O. The van der Waals surface area contributed by atoms with E-state index < -0.39 is 0 Å². The molecule has 0 aliphatic carbocycles. The number of nitrogen functional groups attached to an aromatic ring is 1. The summed E-state index contributed by atoms with van der Waals surface area (Å²) in [6.07, 6.45) is 1.56. The fourth-order valence-electron chi connectivity index (χ4n) is 1.31. The van der Waals surface area contributed by atoms with Crippen LogP contribution in [0.4, 0.5) is 5.82 Å². The average Bonchev–Trinajstić information content (AvgIpc) is 2.12. The number of anilines is 1. The Balaban J connectivity index is 3.05. The molecule has 0 aliphatic rings.